The van der Waals surface area contributed by atoms with Crippen LogP contribution in [0.3, 0.4) is 0 Å². The highest BCUT2D eigenvalue weighted by Gasteiger charge is 2.22. The monoisotopic (exact) mass is 252 g/mol. The molecule has 1 fully saturated rings. The summed E-state index contributed by atoms with van der Waals surface area (Å²) in [6, 6.07) is 2.16. The fraction of sp³-hybridized carbons (Fsp3) is 0.615. The second-order valence-corrected chi connectivity index (χ2v) is 5.05. The van der Waals surface area contributed by atoms with Crippen LogP contribution in [0.25, 0.3) is 0 Å². The van der Waals surface area contributed by atoms with E-state index in [2.05, 4.69) is 23.8 Å². The van der Waals surface area contributed by atoms with Crippen LogP contribution in [0, 0.1) is 6.92 Å². The van der Waals surface area contributed by atoms with Crippen LogP contribution in [-0.4, -0.2) is 53.6 Å². The zero-order valence-electron chi connectivity index (χ0n) is 11.1. The number of likely N-dealkylation sites (N-methyl/N-ethyl adjacent to an activating group) is 1. The second-order valence-electron chi connectivity index (χ2n) is 5.05. The third-order valence-electron chi connectivity index (χ3n) is 3.62. The topological polar surface area (TPSA) is 56.9 Å². The fourth-order valence-electron chi connectivity index (χ4n) is 2.32. The van der Waals surface area contributed by atoms with Gasteiger partial charge in [0.1, 0.15) is 17.1 Å². The Hall–Kier alpha value is -1.33. The Bertz CT molecular complexity index is 441. The summed E-state index contributed by atoms with van der Waals surface area (Å²) in [5.41, 5.74) is 0.271. The maximum Gasteiger partial charge on any atom is 0.339 e. The Kier molecular flexibility index (Phi) is 3.73. The van der Waals surface area contributed by atoms with E-state index in [9.17, 15) is 4.79 Å². The smallest absolute Gasteiger partial charge is 0.339 e. The standard InChI is InChI=1S/C13H20N2O3/c1-9-7-15(5-4-14(9)3)8-11-6-12(13(16)17)10(2)18-11/h6,9H,4-5,7-8H2,1-3H3,(H,16,17). The van der Waals surface area contributed by atoms with Gasteiger partial charge in [-0.3, -0.25) is 4.90 Å². The molecule has 2 heterocycles. The summed E-state index contributed by atoms with van der Waals surface area (Å²) in [6.45, 7) is 7.59. The number of carboxylic acid groups (broad SMARTS) is 1. The first-order chi connectivity index (χ1) is 8.47. The molecular formula is C13H20N2O3. The Labute approximate surface area is 107 Å². The molecule has 1 aliphatic rings. The van der Waals surface area contributed by atoms with Crippen LogP contribution in [0.15, 0.2) is 10.5 Å². The largest absolute Gasteiger partial charge is 0.478 e. The van der Waals surface area contributed by atoms with Crippen molar-refractivity contribution in [3.63, 3.8) is 0 Å². The molecule has 0 aromatic carbocycles. The van der Waals surface area contributed by atoms with Gasteiger partial charge in [0, 0.05) is 25.7 Å². The van der Waals surface area contributed by atoms with Gasteiger partial charge < -0.3 is 14.4 Å². The van der Waals surface area contributed by atoms with Crippen LogP contribution in [0.4, 0.5) is 0 Å². The number of rotatable bonds is 3. The first kappa shape index (κ1) is 13.1. The van der Waals surface area contributed by atoms with Crippen molar-refractivity contribution >= 4 is 5.97 Å². The van der Waals surface area contributed by atoms with Crippen LogP contribution < -0.4 is 0 Å². The minimum atomic E-state index is -0.922. The van der Waals surface area contributed by atoms with E-state index in [1.807, 2.05) is 0 Å². The van der Waals surface area contributed by atoms with Gasteiger partial charge >= 0.3 is 5.97 Å². The van der Waals surface area contributed by atoms with Crippen LogP contribution in [0.1, 0.15) is 28.8 Å². The summed E-state index contributed by atoms with van der Waals surface area (Å²) < 4.78 is 5.50. The molecule has 1 aromatic heterocycles. The number of carboxylic acids is 1. The lowest BCUT2D eigenvalue weighted by molar-refractivity contribution is 0.0695. The van der Waals surface area contributed by atoms with Gasteiger partial charge in [0.2, 0.25) is 0 Å². The minimum absolute atomic E-state index is 0.271. The Morgan fingerprint density at radius 2 is 2.28 bits per heavy atom. The highest BCUT2D eigenvalue weighted by molar-refractivity contribution is 5.88. The highest BCUT2D eigenvalue weighted by atomic mass is 16.4. The van der Waals surface area contributed by atoms with E-state index in [1.165, 1.54) is 0 Å². The fourth-order valence-corrected chi connectivity index (χ4v) is 2.32. The number of piperazine rings is 1. The highest BCUT2D eigenvalue weighted by Crippen LogP contribution is 2.18. The van der Waals surface area contributed by atoms with E-state index in [4.69, 9.17) is 9.52 Å². The van der Waals surface area contributed by atoms with E-state index >= 15 is 0 Å². The third-order valence-corrected chi connectivity index (χ3v) is 3.62. The number of aryl methyl sites for hydroxylation is 1. The Morgan fingerprint density at radius 3 is 2.83 bits per heavy atom. The first-order valence-corrected chi connectivity index (χ1v) is 6.22. The van der Waals surface area contributed by atoms with Crippen molar-refractivity contribution in [3.05, 3.63) is 23.2 Å². The molecule has 0 aliphatic carbocycles. The number of aromatic carboxylic acids is 1. The van der Waals surface area contributed by atoms with Crippen molar-refractivity contribution in [2.75, 3.05) is 26.7 Å². The molecule has 0 amide bonds. The summed E-state index contributed by atoms with van der Waals surface area (Å²) in [5.74, 6) is 0.301. The molecule has 2 rings (SSSR count). The molecule has 1 aromatic rings. The summed E-state index contributed by atoms with van der Waals surface area (Å²) in [4.78, 5) is 15.6. The zero-order chi connectivity index (χ0) is 13.3. The van der Waals surface area contributed by atoms with Gasteiger partial charge in [0.05, 0.1) is 6.54 Å². The molecule has 5 nitrogen and oxygen atoms in total. The SMILES string of the molecule is Cc1oc(CN2CCN(C)C(C)C2)cc1C(=O)O. The predicted octanol–water partition coefficient (Wildman–Crippen LogP) is 1.42. The number of furan rings is 1. The second kappa shape index (κ2) is 5.12. The number of hydrogen-bond acceptors (Lipinski definition) is 4. The number of hydrogen-bond donors (Lipinski definition) is 1. The van der Waals surface area contributed by atoms with Crippen molar-refractivity contribution < 1.29 is 14.3 Å². The zero-order valence-corrected chi connectivity index (χ0v) is 11.1. The lowest BCUT2D eigenvalue weighted by Crippen LogP contribution is -2.49. The van der Waals surface area contributed by atoms with Gasteiger partial charge in [-0.1, -0.05) is 0 Å². The van der Waals surface area contributed by atoms with E-state index in [0.29, 0.717) is 18.3 Å². The van der Waals surface area contributed by atoms with Crippen LogP contribution in [0.2, 0.25) is 0 Å². The van der Waals surface area contributed by atoms with Crippen LogP contribution in [-0.2, 0) is 6.54 Å². The molecule has 0 bridgehead atoms. The Morgan fingerprint density at radius 1 is 1.56 bits per heavy atom. The molecule has 0 saturated carbocycles. The van der Waals surface area contributed by atoms with Crippen molar-refractivity contribution in [2.24, 2.45) is 0 Å². The average molecular weight is 252 g/mol. The predicted molar refractivity (Wildman–Crippen MR) is 67.8 cm³/mol. The van der Waals surface area contributed by atoms with Gasteiger partial charge in [0.15, 0.2) is 0 Å². The molecule has 1 atom stereocenters. The average Bonchev–Trinajstić information content (AvgIpc) is 2.65. The molecule has 1 N–H and O–H groups in total. The molecule has 18 heavy (non-hydrogen) atoms. The van der Waals surface area contributed by atoms with Crippen molar-refractivity contribution in [1.82, 2.24) is 9.80 Å². The molecule has 0 spiro atoms. The van der Waals surface area contributed by atoms with Gasteiger partial charge in [-0.25, -0.2) is 4.79 Å². The number of nitrogens with zero attached hydrogens (tertiary/aromatic N) is 2. The molecule has 5 heteroatoms. The normalized spacial score (nSPS) is 22.3. The maximum atomic E-state index is 10.9. The molecule has 0 radical (unpaired) electrons. The molecule has 1 unspecified atom stereocenters. The summed E-state index contributed by atoms with van der Waals surface area (Å²) in [7, 11) is 2.13. The number of carbonyl (C=O) groups is 1. The summed E-state index contributed by atoms with van der Waals surface area (Å²) >= 11 is 0. The van der Waals surface area contributed by atoms with E-state index in [-0.39, 0.29) is 5.56 Å². The van der Waals surface area contributed by atoms with Gasteiger partial charge in [0.25, 0.3) is 0 Å². The van der Waals surface area contributed by atoms with Crippen molar-refractivity contribution in [1.29, 1.82) is 0 Å². The van der Waals surface area contributed by atoms with Crippen molar-refractivity contribution in [2.45, 2.75) is 26.4 Å². The summed E-state index contributed by atoms with van der Waals surface area (Å²) in [6.07, 6.45) is 0. The van der Waals surface area contributed by atoms with Gasteiger partial charge in [-0.2, -0.15) is 0 Å². The Balaban J connectivity index is 2.02. The van der Waals surface area contributed by atoms with Crippen LogP contribution in [0.5, 0.6) is 0 Å². The lowest BCUT2D eigenvalue weighted by Gasteiger charge is -2.37. The molecule has 1 aliphatic heterocycles. The van der Waals surface area contributed by atoms with Gasteiger partial charge in [-0.15, -0.1) is 0 Å². The quantitative estimate of drug-likeness (QED) is 0.881. The molecular weight excluding hydrogens is 232 g/mol. The van der Waals surface area contributed by atoms with Crippen LogP contribution >= 0.6 is 0 Å². The van der Waals surface area contributed by atoms with Crippen molar-refractivity contribution in [3.8, 4) is 0 Å². The molecule has 100 valence electrons. The van der Waals surface area contributed by atoms with Gasteiger partial charge in [-0.05, 0) is 27.0 Å². The third kappa shape index (κ3) is 2.73. The lowest BCUT2D eigenvalue weighted by atomic mass is 10.2. The molecule has 1 saturated heterocycles. The van der Waals surface area contributed by atoms with E-state index in [0.717, 1.165) is 25.4 Å². The first-order valence-electron chi connectivity index (χ1n) is 6.22. The maximum absolute atomic E-state index is 10.9. The van der Waals surface area contributed by atoms with E-state index < -0.39 is 5.97 Å². The van der Waals surface area contributed by atoms with E-state index in [1.54, 1.807) is 13.0 Å². The summed E-state index contributed by atoms with van der Waals surface area (Å²) in [5, 5.41) is 8.98. The minimum Gasteiger partial charge on any atom is -0.478 e.